The minimum atomic E-state index is -3.66. The van der Waals surface area contributed by atoms with Crippen LogP contribution in [0.15, 0.2) is 46.2 Å². The second-order valence-corrected chi connectivity index (χ2v) is 11.5. The van der Waals surface area contributed by atoms with Gasteiger partial charge < -0.3 is 5.32 Å². The molecule has 1 amide bonds. The predicted octanol–water partition coefficient (Wildman–Crippen LogP) is 3.34. The molecule has 0 fully saturated rings. The number of nitrogens with zero attached hydrogens (tertiary/aromatic N) is 1. The molecule has 0 spiro atoms. The lowest BCUT2D eigenvalue weighted by molar-refractivity contribution is -0.116. The fourth-order valence-corrected chi connectivity index (χ4v) is 6.52. The molecule has 2 aromatic rings. The zero-order valence-electron chi connectivity index (χ0n) is 19.8. The summed E-state index contributed by atoms with van der Waals surface area (Å²) in [5.41, 5.74) is 2.48. The number of hydrogen-bond donors (Lipinski definition) is 2. The van der Waals surface area contributed by atoms with E-state index in [1.54, 1.807) is 52.0 Å². The van der Waals surface area contributed by atoms with E-state index in [4.69, 9.17) is 0 Å². The van der Waals surface area contributed by atoms with Gasteiger partial charge in [0.15, 0.2) is 0 Å². The Morgan fingerprint density at radius 1 is 0.879 bits per heavy atom. The van der Waals surface area contributed by atoms with Gasteiger partial charge in [0.25, 0.3) is 0 Å². The van der Waals surface area contributed by atoms with E-state index in [1.165, 1.54) is 10.4 Å². The number of carbonyl (C=O) groups is 1. The van der Waals surface area contributed by atoms with Crippen LogP contribution in [0.4, 0.5) is 5.69 Å². The number of nitrogens with one attached hydrogen (secondary N) is 2. The summed E-state index contributed by atoms with van der Waals surface area (Å²) in [5.74, 6) is -0.323. The van der Waals surface area contributed by atoms with Gasteiger partial charge in [-0.1, -0.05) is 32.0 Å². The van der Waals surface area contributed by atoms with Gasteiger partial charge in [0, 0.05) is 31.7 Å². The van der Waals surface area contributed by atoms with E-state index in [1.807, 2.05) is 13.0 Å². The van der Waals surface area contributed by atoms with Crippen molar-refractivity contribution in [1.29, 1.82) is 0 Å². The van der Waals surface area contributed by atoms with E-state index < -0.39 is 20.0 Å². The smallest absolute Gasteiger partial charge is 0.243 e. The molecule has 2 rings (SSSR count). The molecule has 0 aliphatic rings. The molecule has 0 radical (unpaired) electrons. The Morgan fingerprint density at radius 2 is 1.48 bits per heavy atom. The standard InChI is InChI=1S/C23H33N3O5S2/c1-6-26(7-2)33(30,31)22-16-20(13-12-19(22)5)25-23(27)9-8-14-24-32(28,29)21-15-17(3)10-11-18(21)4/h10-13,15-16,24H,6-9,14H2,1-5H3,(H,25,27). The molecule has 0 saturated heterocycles. The highest BCUT2D eigenvalue weighted by molar-refractivity contribution is 7.89. The van der Waals surface area contributed by atoms with E-state index >= 15 is 0 Å². The monoisotopic (exact) mass is 495 g/mol. The van der Waals surface area contributed by atoms with Gasteiger partial charge in [0.2, 0.25) is 26.0 Å². The van der Waals surface area contributed by atoms with Crippen LogP contribution in [0.25, 0.3) is 0 Å². The van der Waals surface area contributed by atoms with Crippen LogP contribution in [-0.4, -0.2) is 46.7 Å². The Labute approximate surface area is 197 Å². The Kier molecular flexibility index (Phi) is 9.19. The van der Waals surface area contributed by atoms with Gasteiger partial charge in [0.1, 0.15) is 0 Å². The van der Waals surface area contributed by atoms with Crippen LogP contribution in [0.5, 0.6) is 0 Å². The fourth-order valence-electron chi connectivity index (χ4n) is 3.41. The van der Waals surface area contributed by atoms with Crippen LogP contribution in [0, 0.1) is 20.8 Å². The molecule has 2 N–H and O–H groups in total. The zero-order valence-corrected chi connectivity index (χ0v) is 21.4. The zero-order chi connectivity index (χ0) is 24.8. The highest BCUT2D eigenvalue weighted by atomic mass is 32.2. The van der Waals surface area contributed by atoms with Gasteiger partial charge in [-0.2, -0.15) is 4.31 Å². The van der Waals surface area contributed by atoms with Crippen molar-refractivity contribution in [2.45, 2.75) is 57.3 Å². The fraction of sp³-hybridized carbons (Fsp3) is 0.435. The first-order valence-electron chi connectivity index (χ1n) is 10.9. The van der Waals surface area contributed by atoms with E-state index in [-0.39, 0.29) is 28.7 Å². The number of amides is 1. The summed E-state index contributed by atoms with van der Waals surface area (Å²) in [5, 5.41) is 2.70. The Bertz CT molecular complexity index is 1200. The molecule has 8 nitrogen and oxygen atoms in total. The maximum atomic E-state index is 12.9. The number of aryl methyl sites for hydroxylation is 3. The molecule has 0 heterocycles. The molecule has 2 aromatic carbocycles. The van der Waals surface area contributed by atoms with Gasteiger partial charge in [0.05, 0.1) is 9.79 Å². The van der Waals surface area contributed by atoms with E-state index in [0.29, 0.717) is 36.3 Å². The third-order valence-corrected chi connectivity index (χ3v) is 9.10. The van der Waals surface area contributed by atoms with Crippen molar-refractivity contribution >= 4 is 31.6 Å². The van der Waals surface area contributed by atoms with Gasteiger partial charge in [-0.25, -0.2) is 21.6 Å². The molecule has 0 bridgehead atoms. The second-order valence-electron chi connectivity index (χ2n) is 7.89. The lowest BCUT2D eigenvalue weighted by Gasteiger charge is -2.20. The summed E-state index contributed by atoms with van der Waals surface area (Å²) >= 11 is 0. The Morgan fingerprint density at radius 3 is 2.12 bits per heavy atom. The van der Waals surface area contributed by atoms with Gasteiger partial charge in [-0.3, -0.25) is 4.79 Å². The molecule has 0 atom stereocenters. The van der Waals surface area contributed by atoms with Crippen LogP contribution in [0.1, 0.15) is 43.4 Å². The summed E-state index contributed by atoms with van der Waals surface area (Å²) in [7, 11) is -7.32. The highest BCUT2D eigenvalue weighted by Crippen LogP contribution is 2.24. The van der Waals surface area contributed by atoms with Crippen molar-refractivity contribution in [3.63, 3.8) is 0 Å². The summed E-state index contributed by atoms with van der Waals surface area (Å²) in [6.07, 6.45) is 0.383. The first-order chi connectivity index (χ1) is 15.4. The third-order valence-electron chi connectivity index (χ3n) is 5.30. The molecular formula is C23H33N3O5S2. The largest absolute Gasteiger partial charge is 0.326 e. The molecule has 0 unspecified atom stereocenters. The maximum absolute atomic E-state index is 12.9. The Hall–Kier alpha value is -2.27. The number of hydrogen-bond acceptors (Lipinski definition) is 5. The summed E-state index contributed by atoms with van der Waals surface area (Å²) in [6.45, 7) is 9.64. The number of rotatable bonds is 11. The number of carbonyl (C=O) groups excluding carboxylic acids is 1. The van der Waals surface area contributed by atoms with Crippen molar-refractivity contribution in [2.24, 2.45) is 0 Å². The number of anilines is 1. The van der Waals surface area contributed by atoms with Crippen molar-refractivity contribution < 1.29 is 21.6 Å². The van der Waals surface area contributed by atoms with E-state index in [0.717, 1.165) is 5.56 Å². The van der Waals surface area contributed by atoms with Crippen molar-refractivity contribution in [1.82, 2.24) is 9.03 Å². The average molecular weight is 496 g/mol. The summed E-state index contributed by atoms with van der Waals surface area (Å²) in [4.78, 5) is 12.7. The number of benzene rings is 2. The highest BCUT2D eigenvalue weighted by Gasteiger charge is 2.24. The van der Waals surface area contributed by atoms with E-state index in [2.05, 4.69) is 10.0 Å². The third kappa shape index (κ3) is 6.86. The van der Waals surface area contributed by atoms with Crippen LogP contribution in [-0.2, 0) is 24.8 Å². The molecule has 0 aliphatic heterocycles. The molecule has 182 valence electrons. The van der Waals surface area contributed by atoms with Crippen LogP contribution >= 0.6 is 0 Å². The summed E-state index contributed by atoms with van der Waals surface area (Å²) < 4.78 is 54.7. The van der Waals surface area contributed by atoms with Crippen molar-refractivity contribution in [3.05, 3.63) is 53.1 Å². The van der Waals surface area contributed by atoms with Gasteiger partial charge in [-0.05, 0) is 62.1 Å². The van der Waals surface area contributed by atoms with Crippen molar-refractivity contribution in [3.8, 4) is 0 Å². The van der Waals surface area contributed by atoms with Crippen LogP contribution in [0.3, 0.4) is 0 Å². The van der Waals surface area contributed by atoms with Crippen LogP contribution < -0.4 is 10.0 Å². The van der Waals surface area contributed by atoms with Crippen LogP contribution in [0.2, 0.25) is 0 Å². The number of sulfonamides is 2. The predicted molar refractivity (Wildman–Crippen MR) is 130 cm³/mol. The first kappa shape index (κ1) is 27.0. The van der Waals surface area contributed by atoms with Gasteiger partial charge >= 0.3 is 0 Å². The normalized spacial score (nSPS) is 12.2. The quantitative estimate of drug-likeness (QED) is 0.464. The molecule has 0 aliphatic carbocycles. The van der Waals surface area contributed by atoms with Crippen molar-refractivity contribution in [2.75, 3.05) is 25.0 Å². The lowest BCUT2D eigenvalue weighted by atomic mass is 10.2. The first-order valence-corrected chi connectivity index (χ1v) is 13.8. The SMILES string of the molecule is CCN(CC)S(=O)(=O)c1cc(NC(=O)CCCNS(=O)(=O)c2cc(C)ccc2C)ccc1C. The average Bonchev–Trinajstić information content (AvgIpc) is 2.75. The topological polar surface area (TPSA) is 113 Å². The molecule has 33 heavy (non-hydrogen) atoms. The lowest BCUT2D eigenvalue weighted by Crippen LogP contribution is -2.31. The second kappa shape index (κ2) is 11.2. The van der Waals surface area contributed by atoms with Gasteiger partial charge in [-0.15, -0.1) is 0 Å². The minimum absolute atomic E-state index is 0.0846. The maximum Gasteiger partial charge on any atom is 0.243 e. The summed E-state index contributed by atoms with van der Waals surface area (Å²) in [6, 6.07) is 9.99. The van der Waals surface area contributed by atoms with E-state index in [9.17, 15) is 21.6 Å². The molecule has 0 aromatic heterocycles. The Balaban J connectivity index is 1.98. The minimum Gasteiger partial charge on any atom is -0.326 e. The molecular weight excluding hydrogens is 462 g/mol. The molecule has 10 heteroatoms. The molecule has 0 saturated carbocycles.